The van der Waals surface area contributed by atoms with Gasteiger partial charge in [0.1, 0.15) is 0 Å². The van der Waals surface area contributed by atoms with E-state index in [1.54, 1.807) is 17.1 Å². The van der Waals surface area contributed by atoms with E-state index < -0.39 is 10.0 Å². The lowest BCUT2D eigenvalue weighted by Crippen LogP contribution is -2.39. The van der Waals surface area contributed by atoms with Crippen molar-refractivity contribution in [2.75, 3.05) is 23.7 Å². The Morgan fingerprint density at radius 3 is 2.79 bits per heavy atom. The lowest BCUT2D eigenvalue weighted by atomic mass is 10.2. The van der Waals surface area contributed by atoms with Gasteiger partial charge in [0.05, 0.1) is 17.6 Å². The Kier molecular flexibility index (Phi) is 5.59. The fraction of sp³-hybridized carbons (Fsp3) is 0.350. The van der Waals surface area contributed by atoms with Crippen LogP contribution < -0.4 is 9.62 Å². The molecule has 3 aromatic rings. The number of nitrogens with zero attached hydrogens (tertiary/aromatic N) is 5. The lowest BCUT2D eigenvalue weighted by Gasteiger charge is -2.17. The van der Waals surface area contributed by atoms with Gasteiger partial charge in [-0.2, -0.15) is 5.10 Å². The van der Waals surface area contributed by atoms with Gasteiger partial charge < -0.3 is 4.90 Å². The molecule has 0 radical (unpaired) electrons. The van der Waals surface area contributed by atoms with Gasteiger partial charge in [0.25, 0.3) is 0 Å². The number of rotatable bonds is 7. The minimum atomic E-state index is -3.35. The molecule has 0 bridgehead atoms. The van der Waals surface area contributed by atoms with Gasteiger partial charge in [0.2, 0.25) is 16.0 Å². The zero-order valence-corrected chi connectivity index (χ0v) is 17.1. The van der Waals surface area contributed by atoms with Crippen molar-refractivity contribution >= 4 is 16.0 Å². The monoisotopic (exact) mass is 412 g/mol. The van der Waals surface area contributed by atoms with Gasteiger partial charge in [-0.05, 0) is 24.5 Å². The van der Waals surface area contributed by atoms with Crippen LogP contribution in [0.4, 0.5) is 5.95 Å². The summed E-state index contributed by atoms with van der Waals surface area (Å²) in [5.41, 5.74) is 2.75. The molecular weight excluding hydrogens is 388 g/mol. The molecule has 0 spiro atoms. The van der Waals surface area contributed by atoms with Crippen molar-refractivity contribution in [1.82, 2.24) is 24.5 Å². The topological polar surface area (TPSA) is 93.0 Å². The SMILES string of the molecule is Cn1cc(-c2ccnc(N3CCC(NS(=O)(=O)CCc4ccccc4)C3)n2)cn1. The molecule has 29 heavy (non-hydrogen) atoms. The Balaban J connectivity index is 1.36. The maximum atomic E-state index is 12.5. The second-order valence-electron chi connectivity index (χ2n) is 7.25. The van der Waals surface area contributed by atoms with Crippen molar-refractivity contribution in [2.24, 2.45) is 7.05 Å². The van der Waals surface area contributed by atoms with E-state index in [1.807, 2.05) is 54.5 Å². The Morgan fingerprint density at radius 2 is 2.03 bits per heavy atom. The first-order valence-corrected chi connectivity index (χ1v) is 11.2. The highest BCUT2D eigenvalue weighted by Crippen LogP contribution is 2.21. The molecular formula is C20H24N6O2S. The molecule has 1 N–H and O–H groups in total. The maximum Gasteiger partial charge on any atom is 0.225 e. The molecule has 2 aromatic heterocycles. The van der Waals surface area contributed by atoms with Gasteiger partial charge in [-0.15, -0.1) is 0 Å². The summed E-state index contributed by atoms with van der Waals surface area (Å²) >= 11 is 0. The van der Waals surface area contributed by atoms with Crippen LogP contribution in [0.15, 0.2) is 55.0 Å². The number of anilines is 1. The number of benzene rings is 1. The van der Waals surface area contributed by atoms with Crippen LogP contribution >= 0.6 is 0 Å². The molecule has 4 rings (SSSR count). The summed E-state index contributed by atoms with van der Waals surface area (Å²) in [4.78, 5) is 11.0. The predicted octanol–water partition coefficient (Wildman–Crippen LogP) is 1.62. The van der Waals surface area contributed by atoms with Crippen molar-refractivity contribution < 1.29 is 8.42 Å². The first-order chi connectivity index (χ1) is 14.0. The molecule has 1 fully saturated rings. The average molecular weight is 413 g/mol. The van der Waals surface area contributed by atoms with Crippen LogP contribution in [0.3, 0.4) is 0 Å². The highest BCUT2D eigenvalue weighted by Gasteiger charge is 2.28. The number of nitrogens with one attached hydrogen (secondary N) is 1. The second kappa shape index (κ2) is 8.30. The van der Waals surface area contributed by atoms with Crippen molar-refractivity contribution in [3.05, 3.63) is 60.6 Å². The first kappa shape index (κ1) is 19.5. The summed E-state index contributed by atoms with van der Waals surface area (Å²) < 4.78 is 29.5. The van der Waals surface area contributed by atoms with E-state index in [9.17, 15) is 8.42 Å². The van der Waals surface area contributed by atoms with Gasteiger partial charge in [-0.25, -0.2) is 23.1 Å². The predicted molar refractivity (Wildman–Crippen MR) is 112 cm³/mol. The zero-order chi connectivity index (χ0) is 20.3. The van der Waals surface area contributed by atoms with Gasteiger partial charge >= 0.3 is 0 Å². The summed E-state index contributed by atoms with van der Waals surface area (Å²) in [6.45, 7) is 1.27. The summed E-state index contributed by atoms with van der Waals surface area (Å²) in [6.07, 6.45) is 6.62. The quantitative estimate of drug-likeness (QED) is 0.634. The highest BCUT2D eigenvalue weighted by atomic mass is 32.2. The summed E-state index contributed by atoms with van der Waals surface area (Å²) in [6, 6.07) is 11.4. The smallest absolute Gasteiger partial charge is 0.225 e. The fourth-order valence-electron chi connectivity index (χ4n) is 3.46. The number of aryl methyl sites for hydroxylation is 2. The molecule has 0 aliphatic carbocycles. The van der Waals surface area contributed by atoms with Gasteiger partial charge in [-0.1, -0.05) is 30.3 Å². The summed E-state index contributed by atoms with van der Waals surface area (Å²) in [7, 11) is -1.48. The van der Waals surface area contributed by atoms with Crippen LogP contribution in [-0.4, -0.2) is 53.1 Å². The van der Waals surface area contributed by atoms with Gasteiger partial charge in [0, 0.05) is 44.1 Å². The molecule has 1 unspecified atom stereocenters. The van der Waals surface area contributed by atoms with Crippen LogP contribution in [0, 0.1) is 0 Å². The Morgan fingerprint density at radius 1 is 1.21 bits per heavy atom. The molecule has 1 aliphatic rings. The third-order valence-corrected chi connectivity index (χ3v) is 6.40. The molecule has 8 nitrogen and oxygen atoms in total. The largest absolute Gasteiger partial charge is 0.339 e. The third-order valence-electron chi connectivity index (χ3n) is 4.96. The minimum absolute atomic E-state index is 0.0838. The van der Waals surface area contributed by atoms with Crippen LogP contribution in [0.2, 0.25) is 0 Å². The summed E-state index contributed by atoms with van der Waals surface area (Å²) in [5, 5.41) is 4.18. The second-order valence-corrected chi connectivity index (χ2v) is 9.12. The van der Waals surface area contributed by atoms with Crippen molar-refractivity contribution in [3.63, 3.8) is 0 Å². The third kappa shape index (κ3) is 4.99. The molecule has 9 heteroatoms. The van der Waals surface area contributed by atoms with Crippen molar-refractivity contribution in [3.8, 4) is 11.3 Å². The standard InChI is InChI=1S/C20H24N6O2S/c1-25-14-17(13-22-25)19-7-10-21-20(23-19)26-11-8-18(15-26)24-29(27,28)12-9-16-5-3-2-4-6-16/h2-7,10,13-14,18,24H,8-9,11-12,15H2,1H3. The van der Waals surface area contributed by atoms with E-state index in [0.29, 0.717) is 25.5 Å². The molecule has 1 aromatic carbocycles. The number of aromatic nitrogens is 4. The highest BCUT2D eigenvalue weighted by molar-refractivity contribution is 7.89. The number of hydrogen-bond donors (Lipinski definition) is 1. The van der Waals surface area contributed by atoms with E-state index in [0.717, 1.165) is 23.2 Å². The van der Waals surface area contributed by atoms with E-state index >= 15 is 0 Å². The molecule has 152 valence electrons. The van der Waals surface area contributed by atoms with E-state index in [2.05, 4.69) is 19.8 Å². The first-order valence-electron chi connectivity index (χ1n) is 9.59. The molecule has 1 atom stereocenters. The fourth-order valence-corrected chi connectivity index (χ4v) is 4.79. The molecule has 1 aliphatic heterocycles. The van der Waals surface area contributed by atoms with Crippen molar-refractivity contribution in [1.29, 1.82) is 0 Å². The van der Waals surface area contributed by atoms with Crippen LogP contribution in [0.1, 0.15) is 12.0 Å². The van der Waals surface area contributed by atoms with Crippen LogP contribution in [0.25, 0.3) is 11.3 Å². The Bertz CT molecular complexity index is 1070. The molecule has 0 saturated carbocycles. The van der Waals surface area contributed by atoms with Crippen LogP contribution in [0.5, 0.6) is 0 Å². The number of sulfonamides is 1. The normalized spacial score (nSPS) is 17.0. The molecule has 0 amide bonds. The number of hydrogen-bond acceptors (Lipinski definition) is 6. The Hall–Kier alpha value is -2.78. The van der Waals surface area contributed by atoms with Crippen molar-refractivity contribution in [2.45, 2.75) is 18.9 Å². The average Bonchev–Trinajstić information content (AvgIpc) is 3.36. The lowest BCUT2D eigenvalue weighted by molar-refractivity contribution is 0.560. The molecule has 1 saturated heterocycles. The van der Waals surface area contributed by atoms with E-state index in [4.69, 9.17) is 0 Å². The zero-order valence-electron chi connectivity index (χ0n) is 16.3. The van der Waals surface area contributed by atoms with Crippen LogP contribution in [-0.2, 0) is 23.5 Å². The van der Waals surface area contributed by atoms with E-state index in [1.165, 1.54) is 0 Å². The minimum Gasteiger partial charge on any atom is -0.339 e. The molecule has 3 heterocycles. The maximum absolute atomic E-state index is 12.5. The van der Waals surface area contributed by atoms with E-state index in [-0.39, 0.29) is 11.8 Å². The van der Waals surface area contributed by atoms with Gasteiger partial charge in [0.15, 0.2) is 0 Å². The Labute approximate surface area is 170 Å². The summed E-state index contributed by atoms with van der Waals surface area (Å²) in [5.74, 6) is 0.692. The van der Waals surface area contributed by atoms with Gasteiger partial charge in [-0.3, -0.25) is 4.68 Å².